The van der Waals surface area contributed by atoms with Gasteiger partial charge in [-0.1, -0.05) is 0 Å². The van der Waals surface area contributed by atoms with Gasteiger partial charge < -0.3 is 10.4 Å². The smallest absolute Gasteiger partial charge is 0.307 e. The van der Waals surface area contributed by atoms with Crippen molar-refractivity contribution < 1.29 is 9.90 Å². The molecule has 16 heavy (non-hydrogen) atoms. The van der Waals surface area contributed by atoms with Crippen LogP contribution < -0.4 is 5.32 Å². The van der Waals surface area contributed by atoms with Crippen molar-refractivity contribution in [1.82, 2.24) is 10.2 Å². The second kappa shape index (κ2) is 5.64. The average Bonchev–Trinajstić information content (AvgIpc) is 2.16. The summed E-state index contributed by atoms with van der Waals surface area (Å²) in [6.45, 7) is 10.2. The van der Waals surface area contributed by atoms with E-state index in [0.717, 1.165) is 13.0 Å². The van der Waals surface area contributed by atoms with E-state index < -0.39 is 5.97 Å². The van der Waals surface area contributed by atoms with Gasteiger partial charge >= 0.3 is 5.97 Å². The minimum Gasteiger partial charge on any atom is -0.481 e. The van der Waals surface area contributed by atoms with Gasteiger partial charge in [0.1, 0.15) is 0 Å². The molecule has 0 saturated carbocycles. The number of carbonyl (C=O) groups is 1. The molecule has 2 N–H and O–H groups in total. The molecule has 0 amide bonds. The molecule has 0 aliphatic carbocycles. The summed E-state index contributed by atoms with van der Waals surface area (Å²) in [5, 5.41) is 12.3. The molecule has 1 heterocycles. The summed E-state index contributed by atoms with van der Waals surface area (Å²) in [6, 6.07) is 1.26. The van der Waals surface area contributed by atoms with E-state index in [1.165, 1.54) is 0 Å². The molecule has 1 fully saturated rings. The number of nitrogens with one attached hydrogen (secondary N) is 1. The third-order valence-corrected chi connectivity index (χ3v) is 3.29. The Labute approximate surface area is 98.0 Å². The second-order valence-electron chi connectivity index (χ2n) is 5.22. The van der Waals surface area contributed by atoms with Crippen molar-refractivity contribution in [2.75, 3.05) is 13.1 Å². The molecule has 0 aromatic carbocycles. The van der Waals surface area contributed by atoms with Crippen LogP contribution in [0.2, 0.25) is 0 Å². The first-order valence-corrected chi connectivity index (χ1v) is 6.14. The number of piperidine rings is 1. The van der Waals surface area contributed by atoms with Crippen LogP contribution in [0.4, 0.5) is 0 Å². The molecule has 1 rings (SSSR count). The largest absolute Gasteiger partial charge is 0.481 e. The Morgan fingerprint density at radius 2 is 1.81 bits per heavy atom. The van der Waals surface area contributed by atoms with Gasteiger partial charge in [-0.15, -0.1) is 0 Å². The van der Waals surface area contributed by atoms with Crippen molar-refractivity contribution in [2.45, 2.75) is 52.2 Å². The van der Waals surface area contributed by atoms with E-state index in [1.54, 1.807) is 0 Å². The van der Waals surface area contributed by atoms with Crippen LogP contribution in [0.25, 0.3) is 0 Å². The van der Waals surface area contributed by atoms with Gasteiger partial charge in [0.05, 0.1) is 5.92 Å². The monoisotopic (exact) mass is 228 g/mol. The summed E-state index contributed by atoms with van der Waals surface area (Å²) in [6.07, 6.45) is 0.763. The van der Waals surface area contributed by atoms with Crippen LogP contribution in [0.1, 0.15) is 34.1 Å². The van der Waals surface area contributed by atoms with Gasteiger partial charge in [0.25, 0.3) is 0 Å². The topological polar surface area (TPSA) is 52.6 Å². The summed E-state index contributed by atoms with van der Waals surface area (Å²) in [7, 11) is 0. The maximum atomic E-state index is 11.0. The number of nitrogens with zero attached hydrogens (tertiary/aromatic N) is 1. The van der Waals surface area contributed by atoms with Gasteiger partial charge in [-0.25, -0.2) is 0 Å². The Morgan fingerprint density at radius 1 is 1.25 bits per heavy atom. The number of hydrogen-bond donors (Lipinski definition) is 2. The van der Waals surface area contributed by atoms with Crippen molar-refractivity contribution >= 4 is 5.97 Å². The molecule has 0 bridgehead atoms. The predicted molar refractivity (Wildman–Crippen MR) is 64.5 cm³/mol. The van der Waals surface area contributed by atoms with Crippen molar-refractivity contribution in [3.8, 4) is 0 Å². The van der Waals surface area contributed by atoms with Gasteiger partial charge in [0.2, 0.25) is 0 Å². The number of aliphatic carboxylic acids is 1. The molecule has 4 nitrogen and oxygen atoms in total. The number of rotatable bonds is 4. The lowest BCUT2D eigenvalue weighted by Gasteiger charge is -2.41. The van der Waals surface area contributed by atoms with Gasteiger partial charge in [-0.2, -0.15) is 0 Å². The fourth-order valence-electron chi connectivity index (χ4n) is 2.77. The van der Waals surface area contributed by atoms with Gasteiger partial charge in [-0.05, 0) is 34.1 Å². The summed E-state index contributed by atoms with van der Waals surface area (Å²) in [5.74, 6) is -0.914. The molecule has 0 spiro atoms. The maximum absolute atomic E-state index is 11.0. The van der Waals surface area contributed by atoms with Crippen LogP contribution in [0, 0.1) is 5.92 Å². The van der Waals surface area contributed by atoms with Crippen LogP contribution in [-0.2, 0) is 4.79 Å². The highest BCUT2D eigenvalue weighted by Crippen LogP contribution is 2.20. The number of hydrogen-bond acceptors (Lipinski definition) is 3. The van der Waals surface area contributed by atoms with Crippen molar-refractivity contribution in [3.63, 3.8) is 0 Å². The van der Waals surface area contributed by atoms with Gasteiger partial charge in [-0.3, -0.25) is 9.69 Å². The third-order valence-electron chi connectivity index (χ3n) is 3.29. The van der Waals surface area contributed by atoms with E-state index in [-0.39, 0.29) is 5.92 Å². The zero-order valence-electron chi connectivity index (χ0n) is 10.7. The Morgan fingerprint density at radius 3 is 2.25 bits per heavy atom. The van der Waals surface area contributed by atoms with Crippen molar-refractivity contribution in [1.29, 1.82) is 0 Å². The Kier molecular flexibility index (Phi) is 4.74. The highest BCUT2D eigenvalue weighted by Gasteiger charge is 2.32. The average molecular weight is 228 g/mol. The molecule has 0 radical (unpaired) electrons. The van der Waals surface area contributed by atoms with E-state index in [0.29, 0.717) is 24.7 Å². The molecular formula is C12H24N2O2. The fraction of sp³-hybridized carbons (Fsp3) is 0.917. The van der Waals surface area contributed by atoms with E-state index in [9.17, 15) is 4.79 Å². The van der Waals surface area contributed by atoms with Crippen LogP contribution in [-0.4, -0.2) is 47.2 Å². The molecular weight excluding hydrogens is 204 g/mol. The van der Waals surface area contributed by atoms with Crippen molar-refractivity contribution in [3.05, 3.63) is 0 Å². The third kappa shape index (κ3) is 3.19. The van der Waals surface area contributed by atoms with Crippen LogP contribution in [0.5, 0.6) is 0 Å². The quantitative estimate of drug-likeness (QED) is 0.758. The maximum Gasteiger partial charge on any atom is 0.307 e. The summed E-state index contributed by atoms with van der Waals surface area (Å²) in [4.78, 5) is 13.4. The van der Waals surface area contributed by atoms with Crippen LogP contribution in [0.15, 0.2) is 0 Å². The first-order valence-electron chi connectivity index (χ1n) is 6.14. The first kappa shape index (κ1) is 13.5. The number of carboxylic acids is 1. The minimum atomic E-state index is -0.676. The summed E-state index contributed by atoms with van der Waals surface area (Å²) >= 11 is 0. The highest BCUT2D eigenvalue weighted by molar-refractivity contribution is 5.70. The molecule has 0 aromatic heterocycles. The van der Waals surface area contributed by atoms with Gasteiger partial charge in [0, 0.05) is 31.2 Å². The second-order valence-corrected chi connectivity index (χ2v) is 5.22. The Balaban J connectivity index is 2.67. The minimum absolute atomic E-state index is 0.237. The predicted octanol–water partition coefficient (Wildman–Crippen LogP) is 1.17. The molecule has 94 valence electrons. The van der Waals surface area contributed by atoms with E-state index >= 15 is 0 Å². The molecule has 1 aliphatic rings. The lowest BCUT2D eigenvalue weighted by molar-refractivity contribution is -0.143. The molecule has 4 heteroatoms. The zero-order valence-corrected chi connectivity index (χ0v) is 10.7. The molecule has 1 aliphatic heterocycles. The molecule has 0 aromatic rings. The summed E-state index contributed by atoms with van der Waals surface area (Å²) in [5.41, 5.74) is 0. The Bertz CT molecular complexity index is 233. The van der Waals surface area contributed by atoms with E-state index in [1.807, 2.05) is 0 Å². The Hall–Kier alpha value is -0.610. The van der Waals surface area contributed by atoms with Crippen LogP contribution in [0.3, 0.4) is 0 Å². The molecule has 0 unspecified atom stereocenters. The van der Waals surface area contributed by atoms with Gasteiger partial charge in [0.15, 0.2) is 0 Å². The van der Waals surface area contributed by atoms with Crippen LogP contribution >= 0.6 is 0 Å². The first-order chi connectivity index (χ1) is 7.43. The fourth-order valence-corrected chi connectivity index (χ4v) is 2.77. The molecule has 2 atom stereocenters. The molecule has 1 saturated heterocycles. The zero-order chi connectivity index (χ0) is 12.3. The highest BCUT2D eigenvalue weighted by atomic mass is 16.4. The standard InChI is InChI=1S/C12H24N2O2/c1-8(2)14(9(3)4)11-5-10(12(15)16)6-13-7-11/h8-11,13H,5-7H2,1-4H3,(H,15,16)/t10-,11-/m1/s1. The van der Waals surface area contributed by atoms with E-state index in [4.69, 9.17) is 5.11 Å². The van der Waals surface area contributed by atoms with E-state index in [2.05, 4.69) is 37.9 Å². The summed E-state index contributed by atoms with van der Waals surface area (Å²) < 4.78 is 0. The number of carboxylic acid groups (broad SMARTS) is 1. The lowest BCUT2D eigenvalue weighted by atomic mass is 9.93. The SMILES string of the molecule is CC(C)N(C(C)C)[C@H]1CNC[C@H](C(=O)O)C1. The van der Waals surface area contributed by atoms with Crippen molar-refractivity contribution in [2.24, 2.45) is 5.92 Å². The normalized spacial score (nSPS) is 26.7. The lowest BCUT2D eigenvalue weighted by Crippen LogP contribution is -2.54.